The molecular weight excluding hydrogens is 320 g/mol. The lowest BCUT2D eigenvalue weighted by Gasteiger charge is -2.16. The fourth-order valence-electron chi connectivity index (χ4n) is 3.20. The maximum absolute atomic E-state index is 11.9. The monoisotopic (exact) mass is 348 g/mol. The molecule has 2 aliphatic rings. The molecule has 138 valence electrons. The number of rotatable bonds is 8. The molecule has 2 heterocycles. The molecule has 25 heavy (non-hydrogen) atoms. The van der Waals surface area contributed by atoms with Gasteiger partial charge in [-0.2, -0.15) is 0 Å². The van der Waals surface area contributed by atoms with E-state index in [9.17, 15) is 9.59 Å². The second kappa shape index (κ2) is 8.38. The van der Waals surface area contributed by atoms with Crippen molar-refractivity contribution in [3.8, 4) is 0 Å². The predicted octanol–water partition coefficient (Wildman–Crippen LogP) is 1.49. The van der Waals surface area contributed by atoms with E-state index in [1.807, 2.05) is 6.92 Å². The van der Waals surface area contributed by atoms with Crippen LogP contribution in [0.15, 0.2) is 16.7 Å². The highest BCUT2D eigenvalue weighted by atomic mass is 16.3. The molecule has 7 heteroatoms. The van der Waals surface area contributed by atoms with E-state index in [0.717, 1.165) is 31.0 Å². The molecule has 1 unspecified atom stereocenters. The van der Waals surface area contributed by atoms with Gasteiger partial charge in [-0.1, -0.05) is 0 Å². The van der Waals surface area contributed by atoms with Crippen LogP contribution in [0.1, 0.15) is 41.8 Å². The van der Waals surface area contributed by atoms with E-state index in [0.29, 0.717) is 25.3 Å². The van der Waals surface area contributed by atoms with E-state index in [2.05, 4.69) is 20.9 Å². The summed E-state index contributed by atoms with van der Waals surface area (Å²) in [6, 6.07) is 1.89. The van der Waals surface area contributed by atoms with Gasteiger partial charge in [-0.05, 0) is 44.6 Å². The number of nitrogens with zero attached hydrogens (tertiary/aromatic N) is 1. The molecule has 3 rings (SSSR count). The first-order valence-corrected chi connectivity index (χ1v) is 9.21. The summed E-state index contributed by atoms with van der Waals surface area (Å²) in [6.07, 6.45) is 5.94. The van der Waals surface area contributed by atoms with Gasteiger partial charge in [-0.15, -0.1) is 0 Å². The van der Waals surface area contributed by atoms with Crippen molar-refractivity contribution >= 4 is 11.9 Å². The van der Waals surface area contributed by atoms with Crippen molar-refractivity contribution in [2.24, 2.45) is 5.92 Å². The van der Waals surface area contributed by atoms with E-state index in [1.165, 1.54) is 25.6 Å². The van der Waals surface area contributed by atoms with Crippen LogP contribution in [-0.2, 0) is 0 Å². The summed E-state index contributed by atoms with van der Waals surface area (Å²) in [5.74, 6) is 1.03. The molecule has 1 aliphatic heterocycles. The van der Waals surface area contributed by atoms with Crippen LogP contribution in [0.3, 0.4) is 0 Å². The SMILES string of the molecule is Cc1ccoc1C(=O)NCCCNC(=O)NC1CCN(CC2CC2)C1. The topological polar surface area (TPSA) is 86.6 Å². The summed E-state index contributed by atoms with van der Waals surface area (Å²) in [7, 11) is 0. The quantitative estimate of drug-likeness (QED) is 0.621. The number of nitrogens with one attached hydrogen (secondary N) is 3. The first kappa shape index (κ1) is 17.8. The van der Waals surface area contributed by atoms with Gasteiger partial charge in [0.25, 0.3) is 5.91 Å². The molecule has 2 fully saturated rings. The predicted molar refractivity (Wildman–Crippen MR) is 94.5 cm³/mol. The van der Waals surface area contributed by atoms with Crippen LogP contribution >= 0.6 is 0 Å². The Bertz CT molecular complexity index is 597. The number of amides is 3. The number of carbonyl (C=O) groups is 2. The van der Waals surface area contributed by atoms with Crippen molar-refractivity contribution in [2.45, 2.75) is 38.6 Å². The molecule has 0 radical (unpaired) electrons. The molecule has 1 aromatic rings. The van der Waals surface area contributed by atoms with Crippen LogP contribution in [0.5, 0.6) is 0 Å². The normalized spacial score (nSPS) is 20.4. The Labute approximate surface area is 148 Å². The number of aryl methyl sites for hydroxylation is 1. The van der Waals surface area contributed by atoms with Gasteiger partial charge >= 0.3 is 6.03 Å². The van der Waals surface area contributed by atoms with Crippen LogP contribution in [0.2, 0.25) is 0 Å². The summed E-state index contributed by atoms with van der Waals surface area (Å²) < 4.78 is 5.14. The van der Waals surface area contributed by atoms with Gasteiger partial charge in [0.15, 0.2) is 5.76 Å². The lowest BCUT2D eigenvalue weighted by Crippen LogP contribution is -2.44. The minimum absolute atomic E-state index is 0.119. The second-order valence-corrected chi connectivity index (χ2v) is 7.13. The van der Waals surface area contributed by atoms with Gasteiger partial charge in [-0.25, -0.2) is 4.79 Å². The molecule has 3 amide bonds. The number of hydrogen-bond donors (Lipinski definition) is 3. The van der Waals surface area contributed by atoms with Crippen molar-refractivity contribution in [3.63, 3.8) is 0 Å². The van der Waals surface area contributed by atoms with Gasteiger partial charge in [0.05, 0.1) is 6.26 Å². The van der Waals surface area contributed by atoms with Gasteiger partial charge in [0.1, 0.15) is 0 Å². The van der Waals surface area contributed by atoms with Gasteiger partial charge in [-0.3, -0.25) is 4.79 Å². The van der Waals surface area contributed by atoms with E-state index < -0.39 is 0 Å². The molecule has 1 atom stereocenters. The summed E-state index contributed by atoms with van der Waals surface area (Å²) in [5, 5.41) is 8.68. The lowest BCUT2D eigenvalue weighted by atomic mass is 10.2. The zero-order valence-electron chi connectivity index (χ0n) is 14.8. The summed E-state index contributed by atoms with van der Waals surface area (Å²) >= 11 is 0. The number of carbonyl (C=O) groups excluding carboxylic acids is 2. The van der Waals surface area contributed by atoms with Crippen molar-refractivity contribution in [1.29, 1.82) is 0 Å². The largest absolute Gasteiger partial charge is 0.459 e. The summed E-state index contributed by atoms with van der Waals surface area (Å²) in [4.78, 5) is 26.2. The molecule has 1 aliphatic carbocycles. The average Bonchev–Trinajstić information content (AvgIpc) is 3.11. The molecule has 1 aromatic heterocycles. The molecule has 3 N–H and O–H groups in total. The fraction of sp³-hybridized carbons (Fsp3) is 0.667. The Kier molecular flexibility index (Phi) is 5.96. The molecular formula is C18H28N4O3. The minimum atomic E-state index is -0.214. The Hall–Kier alpha value is -2.02. The van der Waals surface area contributed by atoms with Crippen molar-refractivity contribution in [3.05, 3.63) is 23.7 Å². The lowest BCUT2D eigenvalue weighted by molar-refractivity contribution is 0.0925. The van der Waals surface area contributed by atoms with E-state index in [1.54, 1.807) is 6.07 Å². The number of urea groups is 1. The standard InChI is InChI=1S/C18H28N4O3/c1-13-6-10-25-16(13)17(23)19-7-2-8-20-18(24)21-15-5-9-22(12-15)11-14-3-4-14/h6,10,14-15H,2-5,7-9,11-12H2,1H3,(H,19,23)(H2,20,21,24). The number of hydrogen-bond acceptors (Lipinski definition) is 4. The molecule has 7 nitrogen and oxygen atoms in total. The summed E-state index contributed by atoms with van der Waals surface area (Å²) in [6.45, 7) is 6.09. The molecule has 0 spiro atoms. The van der Waals surface area contributed by atoms with Crippen LogP contribution in [0.25, 0.3) is 0 Å². The molecule has 1 saturated heterocycles. The first-order chi connectivity index (χ1) is 12.1. The highest BCUT2D eigenvalue weighted by Crippen LogP contribution is 2.30. The minimum Gasteiger partial charge on any atom is -0.459 e. The highest BCUT2D eigenvalue weighted by molar-refractivity contribution is 5.92. The average molecular weight is 348 g/mol. The Morgan fingerprint density at radius 1 is 1.24 bits per heavy atom. The van der Waals surface area contributed by atoms with Crippen molar-refractivity contribution in [1.82, 2.24) is 20.9 Å². The maximum Gasteiger partial charge on any atom is 0.315 e. The zero-order chi connectivity index (χ0) is 17.6. The van der Waals surface area contributed by atoms with Gasteiger partial charge < -0.3 is 25.3 Å². The van der Waals surface area contributed by atoms with Gasteiger partial charge in [0, 0.05) is 44.3 Å². The zero-order valence-corrected chi connectivity index (χ0v) is 14.8. The van der Waals surface area contributed by atoms with Gasteiger partial charge in [0.2, 0.25) is 0 Å². The summed E-state index contributed by atoms with van der Waals surface area (Å²) in [5.41, 5.74) is 0.822. The van der Waals surface area contributed by atoms with Crippen molar-refractivity contribution < 1.29 is 14.0 Å². The Morgan fingerprint density at radius 3 is 2.76 bits per heavy atom. The van der Waals surface area contributed by atoms with E-state index in [-0.39, 0.29) is 18.0 Å². The fourth-order valence-corrected chi connectivity index (χ4v) is 3.20. The molecule has 1 saturated carbocycles. The van der Waals surface area contributed by atoms with Crippen LogP contribution in [0, 0.1) is 12.8 Å². The molecule has 0 bridgehead atoms. The molecule has 0 aromatic carbocycles. The van der Waals surface area contributed by atoms with E-state index in [4.69, 9.17) is 4.42 Å². The third-order valence-electron chi connectivity index (χ3n) is 4.81. The van der Waals surface area contributed by atoms with Crippen LogP contribution in [0.4, 0.5) is 4.79 Å². The highest BCUT2D eigenvalue weighted by Gasteiger charge is 2.29. The third kappa shape index (κ3) is 5.49. The Balaban J connectivity index is 1.23. The smallest absolute Gasteiger partial charge is 0.315 e. The Morgan fingerprint density at radius 2 is 2.04 bits per heavy atom. The third-order valence-corrected chi connectivity index (χ3v) is 4.81. The maximum atomic E-state index is 11.9. The van der Waals surface area contributed by atoms with E-state index >= 15 is 0 Å². The number of likely N-dealkylation sites (tertiary alicyclic amines) is 1. The first-order valence-electron chi connectivity index (χ1n) is 9.21. The second-order valence-electron chi connectivity index (χ2n) is 7.13. The number of furan rings is 1. The van der Waals surface area contributed by atoms with Crippen LogP contribution in [-0.4, -0.2) is 55.6 Å². The van der Waals surface area contributed by atoms with Crippen LogP contribution < -0.4 is 16.0 Å². The van der Waals surface area contributed by atoms with Crippen molar-refractivity contribution in [2.75, 3.05) is 32.7 Å².